The minimum Gasteiger partial charge on any atom is -0.434 e. The second kappa shape index (κ2) is 18.5. The fourth-order valence-electron chi connectivity index (χ4n) is 2.70. The average molecular weight is 487 g/mol. The lowest BCUT2D eigenvalue weighted by atomic mass is 10.1. The van der Waals surface area contributed by atoms with Crippen molar-refractivity contribution in [3.8, 4) is 0 Å². The number of carbonyl (C=O) groups is 1. The standard InChI is InChI=1S/C12H16FNO.C5H10FNO.C3H4Cl2O2.CH4/c13-8-12-10-15-7-6-14(12)9-11-4-2-1-3-5-11;6-3-5-4-8-2-1-7-5;1-2(4)7-3(5)6;/h1-5,12H,6-10H2;5,7H,1-4H2;2H,1H3;1H4/t12-;5-;;/m11../s1. The summed E-state index contributed by atoms with van der Waals surface area (Å²) in [6, 6.07) is 10.0. The van der Waals surface area contributed by atoms with E-state index in [0.717, 1.165) is 26.2 Å². The molecule has 10 heteroatoms. The lowest BCUT2D eigenvalue weighted by Gasteiger charge is -2.33. The number of carbonyl (C=O) groups excluding carboxylic acids is 1. The van der Waals surface area contributed by atoms with Gasteiger partial charge in [-0.2, -0.15) is 0 Å². The van der Waals surface area contributed by atoms with Crippen LogP contribution in [0.3, 0.4) is 0 Å². The summed E-state index contributed by atoms with van der Waals surface area (Å²) in [5, 5.41) is 2.97. The third-order valence-electron chi connectivity index (χ3n) is 4.20. The highest BCUT2D eigenvalue weighted by Crippen LogP contribution is 2.12. The van der Waals surface area contributed by atoms with E-state index in [9.17, 15) is 13.6 Å². The zero-order valence-corrected chi connectivity index (χ0v) is 18.6. The van der Waals surface area contributed by atoms with Crippen molar-refractivity contribution in [2.75, 3.05) is 52.9 Å². The highest BCUT2D eigenvalue weighted by atomic mass is 35.5. The molecule has 0 aliphatic carbocycles. The fraction of sp³-hybridized carbons (Fsp3) is 0.667. The number of alkyl halides is 3. The summed E-state index contributed by atoms with van der Waals surface area (Å²) in [5.41, 5.74) is -0.273. The molecule has 2 heterocycles. The Morgan fingerprint density at radius 1 is 1.23 bits per heavy atom. The van der Waals surface area contributed by atoms with Gasteiger partial charge >= 0.3 is 5.43 Å². The zero-order chi connectivity index (χ0) is 22.2. The second-order valence-electron chi connectivity index (χ2n) is 6.62. The molecule has 1 unspecified atom stereocenters. The van der Waals surface area contributed by atoms with Crippen LogP contribution in [-0.2, 0) is 20.8 Å². The van der Waals surface area contributed by atoms with Gasteiger partial charge in [-0.25, -0.2) is 13.6 Å². The summed E-state index contributed by atoms with van der Waals surface area (Å²) in [7, 11) is 0. The maximum atomic E-state index is 12.7. The number of nitrogens with zero attached hydrogens (tertiary/aromatic N) is 1. The molecule has 0 saturated carbocycles. The topological polar surface area (TPSA) is 60.0 Å². The first-order valence-electron chi connectivity index (χ1n) is 9.75. The van der Waals surface area contributed by atoms with Gasteiger partial charge in [0.15, 0.2) is 5.56 Å². The van der Waals surface area contributed by atoms with Crippen molar-refractivity contribution in [1.29, 1.82) is 0 Å². The largest absolute Gasteiger partial charge is 0.434 e. The molecule has 3 atom stereocenters. The maximum absolute atomic E-state index is 12.7. The van der Waals surface area contributed by atoms with Crippen LogP contribution in [0.15, 0.2) is 30.3 Å². The third-order valence-corrected chi connectivity index (χ3v) is 4.37. The van der Waals surface area contributed by atoms with Gasteiger partial charge in [-0.3, -0.25) is 4.90 Å². The van der Waals surface area contributed by atoms with Gasteiger partial charge in [0.1, 0.15) is 13.3 Å². The van der Waals surface area contributed by atoms with Crippen molar-refractivity contribution in [3.63, 3.8) is 0 Å². The lowest BCUT2D eigenvalue weighted by Crippen LogP contribution is -2.46. The van der Waals surface area contributed by atoms with Crippen LogP contribution in [0.1, 0.15) is 19.9 Å². The maximum Gasteiger partial charge on any atom is 0.405 e. The van der Waals surface area contributed by atoms with Crippen molar-refractivity contribution in [3.05, 3.63) is 35.9 Å². The first-order chi connectivity index (χ1) is 14.5. The Bertz CT molecular complexity index is 568. The Morgan fingerprint density at radius 3 is 2.35 bits per heavy atom. The normalized spacial score (nSPS) is 21.8. The van der Waals surface area contributed by atoms with Crippen molar-refractivity contribution in [1.82, 2.24) is 10.2 Å². The molecule has 0 spiro atoms. The van der Waals surface area contributed by atoms with E-state index in [2.05, 4.69) is 27.1 Å². The molecule has 2 fully saturated rings. The number of nitrogens with one attached hydrogen (secondary N) is 1. The highest BCUT2D eigenvalue weighted by molar-refractivity contribution is 6.61. The summed E-state index contributed by atoms with van der Waals surface area (Å²) in [5.74, 6) is 0. The molecule has 0 radical (unpaired) electrons. The molecule has 1 aromatic rings. The van der Waals surface area contributed by atoms with Crippen molar-refractivity contribution < 1.29 is 27.8 Å². The molecule has 1 aromatic carbocycles. The molecular weight excluding hydrogens is 453 g/mol. The number of hydrogen-bond acceptors (Lipinski definition) is 6. The van der Waals surface area contributed by atoms with Gasteiger partial charge in [0.2, 0.25) is 0 Å². The third kappa shape index (κ3) is 14.6. The monoisotopic (exact) mass is 486 g/mol. The summed E-state index contributed by atoms with van der Waals surface area (Å²) in [6.07, 6.45) is 0. The van der Waals surface area contributed by atoms with Gasteiger partial charge in [-0.05, 0) is 12.5 Å². The second-order valence-corrected chi connectivity index (χ2v) is 7.54. The Hall–Kier alpha value is -1.03. The van der Waals surface area contributed by atoms with Gasteiger partial charge in [0.25, 0.3) is 0 Å². The van der Waals surface area contributed by atoms with Crippen LogP contribution < -0.4 is 5.32 Å². The van der Waals surface area contributed by atoms with Crippen LogP contribution in [0.2, 0.25) is 0 Å². The lowest BCUT2D eigenvalue weighted by molar-refractivity contribution is -0.0197. The Labute approximate surface area is 194 Å². The van der Waals surface area contributed by atoms with Crippen LogP contribution in [0.5, 0.6) is 0 Å². The molecule has 3 rings (SSSR count). The Kier molecular flexibility index (Phi) is 17.9. The molecule has 0 amide bonds. The molecule has 31 heavy (non-hydrogen) atoms. The van der Waals surface area contributed by atoms with E-state index < -0.39 is 11.0 Å². The van der Waals surface area contributed by atoms with Crippen LogP contribution in [0, 0.1) is 0 Å². The van der Waals surface area contributed by atoms with Crippen molar-refractivity contribution in [2.24, 2.45) is 0 Å². The van der Waals surface area contributed by atoms with Crippen LogP contribution in [-0.4, -0.2) is 80.8 Å². The fourth-order valence-corrected chi connectivity index (χ4v) is 2.96. The molecule has 2 aliphatic rings. The predicted octanol–water partition coefficient (Wildman–Crippen LogP) is 4.38. The van der Waals surface area contributed by atoms with E-state index in [1.165, 1.54) is 12.5 Å². The molecular formula is C21H34Cl2F2N2O4. The van der Waals surface area contributed by atoms with Crippen molar-refractivity contribution >= 4 is 28.6 Å². The van der Waals surface area contributed by atoms with E-state index in [-0.39, 0.29) is 32.9 Å². The highest BCUT2D eigenvalue weighted by Gasteiger charge is 2.22. The van der Waals surface area contributed by atoms with E-state index in [0.29, 0.717) is 19.8 Å². The van der Waals surface area contributed by atoms with Gasteiger partial charge < -0.3 is 19.5 Å². The smallest absolute Gasteiger partial charge is 0.405 e. The van der Waals surface area contributed by atoms with E-state index >= 15 is 0 Å². The molecule has 1 N–H and O–H groups in total. The number of benzene rings is 1. The number of ether oxygens (including phenoxy) is 3. The Balaban J connectivity index is 0.000000479. The van der Waals surface area contributed by atoms with E-state index in [4.69, 9.17) is 32.7 Å². The Morgan fingerprint density at radius 2 is 1.90 bits per heavy atom. The first kappa shape index (κ1) is 30.0. The van der Waals surface area contributed by atoms with Crippen LogP contribution >= 0.6 is 23.2 Å². The first-order valence-corrected chi connectivity index (χ1v) is 10.6. The number of hydrogen-bond donors (Lipinski definition) is 1. The van der Waals surface area contributed by atoms with E-state index in [1.807, 2.05) is 18.2 Å². The summed E-state index contributed by atoms with van der Waals surface area (Å²) in [4.78, 5) is 11.9. The number of halogens is 4. The van der Waals surface area contributed by atoms with Gasteiger partial charge in [0.05, 0.1) is 38.5 Å². The average Bonchev–Trinajstić information content (AvgIpc) is 2.75. The molecule has 180 valence electrons. The summed E-state index contributed by atoms with van der Waals surface area (Å²) in [6.45, 7) is 5.76. The van der Waals surface area contributed by atoms with Crippen LogP contribution in [0.4, 0.5) is 13.6 Å². The number of rotatable bonds is 5. The molecule has 2 saturated heterocycles. The molecule has 0 aromatic heterocycles. The van der Waals surface area contributed by atoms with Gasteiger partial charge in [0, 0.05) is 31.2 Å². The molecule has 6 nitrogen and oxygen atoms in total. The molecule has 0 bridgehead atoms. The zero-order valence-electron chi connectivity index (χ0n) is 17.1. The summed E-state index contributed by atoms with van der Waals surface area (Å²) >= 11 is 9.87. The predicted molar refractivity (Wildman–Crippen MR) is 120 cm³/mol. The minimum absolute atomic E-state index is 0. The minimum atomic E-state index is -0.873. The SMILES string of the molecule is C.CC(Cl)OC(=O)Cl.FC[C@@H]1COCCN1.FC[C@@H]1COCCN1Cc1ccccc1. The van der Waals surface area contributed by atoms with Gasteiger partial charge in [-0.15, -0.1) is 0 Å². The van der Waals surface area contributed by atoms with Gasteiger partial charge in [-0.1, -0.05) is 49.4 Å². The van der Waals surface area contributed by atoms with Crippen LogP contribution in [0.25, 0.3) is 0 Å². The van der Waals surface area contributed by atoms with E-state index in [1.54, 1.807) is 0 Å². The summed E-state index contributed by atoms with van der Waals surface area (Å²) < 4.78 is 38.8. The number of morpholine rings is 2. The quantitative estimate of drug-likeness (QED) is 0.492. The molecule has 2 aliphatic heterocycles. The van der Waals surface area contributed by atoms with Crippen molar-refractivity contribution in [2.45, 2.75) is 38.5 Å².